The molecule has 2 aliphatic heterocycles. The minimum absolute atomic E-state index is 0.122. The lowest BCUT2D eigenvalue weighted by Gasteiger charge is -2.19. The molecule has 2 aromatic heterocycles. The number of thiophene rings is 1. The van der Waals surface area contributed by atoms with Crippen LogP contribution in [0.3, 0.4) is 0 Å². The highest BCUT2D eigenvalue weighted by Gasteiger charge is 2.33. The highest BCUT2D eigenvalue weighted by molar-refractivity contribution is 7.18. The molecule has 2 N–H and O–H groups in total. The molecule has 1 saturated heterocycles. The number of hydrogen-bond acceptors (Lipinski definition) is 7. The molecule has 33 heavy (non-hydrogen) atoms. The fourth-order valence-electron chi connectivity index (χ4n) is 3.97. The fourth-order valence-corrected chi connectivity index (χ4v) is 4.91. The first kappa shape index (κ1) is 21.4. The molecule has 0 atom stereocenters. The van der Waals surface area contributed by atoms with E-state index in [0.29, 0.717) is 52.3 Å². The van der Waals surface area contributed by atoms with E-state index in [9.17, 15) is 9.59 Å². The molecule has 1 aromatic carbocycles. The van der Waals surface area contributed by atoms with Crippen LogP contribution >= 0.6 is 22.9 Å². The molecule has 3 aromatic rings. The molecule has 0 spiro atoms. The predicted molar refractivity (Wildman–Crippen MR) is 125 cm³/mol. The Morgan fingerprint density at radius 1 is 1.30 bits per heavy atom. The first-order valence-corrected chi connectivity index (χ1v) is 11.4. The lowest BCUT2D eigenvalue weighted by molar-refractivity contribution is 0.0766. The van der Waals surface area contributed by atoms with Crippen LogP contribution in [0.1, 0.15) is 36.9 Å². The van der Waals surface area contributed by atoms with Crippen LogP contribution in [0.15, 0.2) is 36.4 Å². The van der Waals surface area contributed by atoms with Crippen molar-refractivity contribution in [2.24, 2.45) is 0 Å². The van der Waals surface area contributed by atoms with Crippen molar-refractivity contribution >= 4 is 52.3 Å². The minimum Gasteiger partial charge on any atom is -0.463 e. The molecule has 0 saturated carbocycles. The third kappa shape index (κ3) is 4.03. The van der Waals surface area contributed by atoms with Gasteiger partial charge in [-0.2, -0.15) is 5.10 Å². The summed E-state index contributed by atoms with van der Waals surface area (Å²) < 4.78 is 5.75. The van der Waals surface area contributed by atoms with Gasteiger partial charge in [0.1, 0.15) is 6.61 Å². The second-order valence-corrected chi connectivity index (χ2v) is 9.40. The number of benzene rings is 1. The summed E-state index contributed by atoms with van der Waals surface area (Å²) in [5, 5.41) is 18.9. The van der Waals surface area contributed by atoms with Crippen molar-refractivity contribution in [3.05, 3.63) is 68.0 Å². The van der Waals surface area contributed by atoms with Gasteiger partial charge >= 0.3 is 0 Å². The Bertz CT molecular complexity index is 1290. The Hall–Kier alpha value is -3.50. The standard InChI is InChI=1S/C22H19ClN6O3S/c1-12-18-15(19(27-26-12)25-20(30)16-5-6-17(23)33-16)11-28(21(18)31)10-13-3-2-4-14(9-13)29-7-8-32-22(29)24/h2-6,9,24H,7-8,10-11H2,1H3,(H,25,27,30). The lowest BCUT2D eigenvalue weighted by Crippen LogP contribution is -2.25. The van der Waals surface area contributed by atoms with Gasteiger partial charge in [-0.3, -0.25) is 19.9 Å². The van der Waals surface area contributed by atoms with Crippen LogP contribution in [-0.4, -0.2) is 46.1 Å². The largest absolute Gasteiger partial charge is 0.463 e. The van der Waals surface area contributed by atoms with Crippen LogP contribution in [0, 0.1) is 12.3 Å². The van der Waals surface area contributed by atoms with Gasteiger partial charge in [-0.15, -0.1) is 16.4 Å². The fraction of sp³-hybridized carbons (Fsp3) is 0.227. The Kier molecular flexibility index (Phi) is 5.47. The van der Waals surface area contributed by atoms with Crippen LogP contribution in [0.2, 0.25) is 4.34 Å². The van der Waals surface area contributed by atoms with Crippen molar-refractivity contribution in [1.82, 2.24) is 15.1 Å². The van der Waals surface area contributed by atoms with E-state index in [2.05, 4.69) is 15.5 Å². The van der Waals surface area contributed by atoms with Gasteiger partial charge < -0.3 is 15.0 Å². The highest BCUT2D eigenvalue weighted by atomic mass is 35.5. The van der Waals surface area contributed by atoms with Crippen LogP contribution < -0.4 is 10.2 Å². The Balaban J connectivity index is 1.37. The Labute approximate surface area is 198 Å². The number of amidine groups is 1. The van der Waals surface area contributed by atoms with Gasteiger partial charge in [0.2, 0.25) is 0 Å². The van der Waals surface area contributed by atoms with Gasteiger partial charge in [-0.25, -0.2) is 0 Å². The molecule has 168 valence electrons. The highest BCUT2D eigenvalue weighted by Crippen LogP contribution is 2.32. The maximum Gasteiger partial charge on any atom is 0.289 e. The second-order valence-electron chi connectivity index (χ2n) is 7.68. The van der Waals surface area contributed by atoms with Gasteiger partial charge in [0.25, 0.3) is 17.8 Å². The van der Waals surface area contributed by atoms with Gasteiger partial charge in [-0.1, -0.05) is 23.7 Å². The van der Waals surface area contributed by atoms with E-state index in [0.717, 1.165) is 11.3 Å². The number of fused-ring (bicyclic) bond motifs is 1. The molecule has 5 rings (SSSR count). The predicted octanol–water partition coefficient (Wildman–Crippen LogP) is 3.68. The van der Waals surface area contributed by atoms with E-state index in [1.165, 1.54) is 11.3 Å². The summed E-state index contributed by atoms with van der Waals surface area (Å²) in [6.45, 7) is 3.51. The number of hydrogen-bond donors (Lipinski definition) is 2. The Morgan fingerprint density at radius 2 is 2.15 bits per heavy atom. The summed E-state index contributed by atoms with van der Waals surface area (Å²) in [6, 6.07) is 11.1. The summed E-state index contributed by atoms with van der Waals surface area (Å²) in [6.07, 6.45) is 0. The average molecular weight is 483 g/mol. The number of aromatic nitrogens is 2. The van der Waals surface area contributed by atoms with E-state index < -0.39 is 0 Å². The summed E-state index contributed by atoms with van der Waals surface area (Å²) in [5.41, 5.74) is 3.41. The summed E-state index contributed by atoms with van der Waals surface area (Å²) in [5.74, 6) is -0.228. The molecule has 11 heteroatoms. The first-order valence-electron chi connectivity index (χ1n) is 10.2. The number of amides is 2. The zero-order chi connectivity index (χ0) is 23.1. The number of ether oxygens (including phenoxy) is 1. The second kappa shape index (κ2) is 8.45. The SMILES string of the molecule is Cc1nnc(NC(=O)c2ccc(Cl)s2)c2c1C(=O)N(Cc1cccc(N3CCOC3=N)c1)C2. The molecule has 0 aliphatic carbocycles. The molecular formula is C22H19ClN6O3S. The van der Waals surface area contributed by atoms with Crippen LogP contribution in [0.5, 0.6) is 0 Å². The maximum absolute atomic E-state index is 13.2. The molecule has 0 unspecified atom stereocenters. The average Bonchev–Trinajstić information content (AvgIpc) is 3.50. The monoisotopic (exact) mass is 482 g/mol. The van der Waals surface area contributed by atoms with Crippen molar-refractivity contribution in [3.8, 4) is 0 Å². The number of halogens is 1. The third-order valence-corrected chi connectivity index (χ3v) is 6.75. The molecule has 9 nitrogen and oxygen atoms in total. The lowest BCUT2D eigenvalue weighted by atomic mass is 10.1. The van der Waals surface area contributed by atoms with E-state index >= 15 is 0 Å². The van der Waals surface area contributed by atoms with Crippen molar-refractivity contribution in [3.63, 3.8) is 0 Å². The number of carbonyl (C=O) groups excluding carboxylic acids is 2. The van der Waals surface area contributed by atoms with Crippen LogP contribution in [0.4, 0.5) is 11.5 Å². The number of nitrogens with zero attached hydrogens (tertiary/aromatic N) is 4. The summed E-state index contributed by atoms with van der Waals surface area (Å²) in [7, 11) is 0. The maximum atomic E-state index is 13.2. The smallest absolute Gasteiger partial charge is 0.289 e. The summed E-state index contributed by atoms with van der Waals surface area (Å²) >= 11 is 7.10. The van der Waals surface area contributed by atoms with Crippen molar-refractivity contribution < 1.29 is 14.3 Å². The number of aryl methyl sites for hydroxylation is 1. The molecule has 0 bridgehead atoms. The first-order chi connectivity index (χ1) is 15.9. The molecule has 2 aliphatic rings. The van der Waals surface area contributed by atoms with Gasteiger partial charge in [-0.05, 0) is 36.8 Å². The zero-order valence-electron chi connectivity index (χ0n) is 17.6. The normalized spacial score (nSPS) is 15.1. The van der Waals surface area contributed by atoms with Gasteiger partial charge in [0, 0.05) is 17.8 Å². The minimum atomic E-state index is -0.346. The van der Waals surface area contributed by atoms with Crippen LogP contribution in [0.25, 0.3) is 0 Å². The zero-order valence-corrected chi connectivity index (χ0v) is 19.2. The molecule has 2 amide bonds. The van der Waals surface area contributed by atoms with E-state index in [4.69, 9.17) is 21.7 Å². The van der Waals surface area contributed by atoms with Gasteiger partial charge in [0.05, 0.1) is 33.6 Å². The van der Waals surface area contributed by atoms with Crippen molar-refractivity contribution in [2.75, 3.05) is 23.4 Å². The van der Waals surface area contributed by atoms with Gasteiger partial charge in [0.15, 0.2) is 5.82 Å². The van der Waals surface area contributed by atoms with E-state index in [1.54, 1.807) is 28.9 Å². The molecule has 0 radical (unpaired) electrons. The molecule has 4 heterocycles. The van der Waals surface area contributed by atoms with Crippen molar-refractivity contribution in [1.29, 1.82) is 5.41 Å². The number of nitrogens with one attached hydrogen (secondary N) is 2. The number of rotatable bonds is 5. The van der Waals surface area contributed by atoms with Crippen LogP contribution in [-0.2, 0) is 17.8 Å². The number of carbonyl (C=O) groups is 2. The van der Waals surface area contributed by atoms with Crippen molar-refractivity contribution in [2.45, 2.75) is 20.0 Å². The topological polar surface area (TPSA) is 112 Å². The number of anilines is 2. The Morgan fingerprint density at radius 3 is 2.88 bits per heavy atom. The third-order valence-electron chi connectivity index (χ3n) is 5.52. The molecule has 1 fully saturated rings. The van der Waals surface area contributed by atoms with E-state index in [-0.39, 0.29) is 23.7 Å². The summed E-state index contributed by atoms with van der Waals surface area (Å²) in [4.78, 5) is 29.7. The quantitative estimate of drug-likeness (QED) is 0.573. The van der Waals surface area contributed by atoms with E-state index in [1.807, 2.05) is 24.3 Å². The molecular weight excluding hydrogens is 464 g/mol.